The Morgan fingerprint density at radius 1 is 1.11 bits per heavy atom. The number of aryl methyl sites for hydroxylation is 1. The largest absolute Gasteiger partial charge is 0.454 e. The number of sulfonamides is 1. The van der Waals surface area contributed by atoms with E-state index in [1.54, 1.807) is 12.1 Å². The number of rotatable bonds is 6. The van der Waals surface area contributed by atoms with Crippen molar-refractivity contribution in [1.82, 2.24) is 9.29 Å². The van der Waals surface area contributed by atoms with E-state index in [1.165, 1.54) is 16.7 Å². The lowest BCUT2D eigenvalue weighted by molar-refractivity contribution is 0.174. The standard InChI is InChI=1S/C18H18N2O6S/c1-2-20-14-5-4-13(10-16(14)26-18(20)21)27(22,23)19-8-7-12-3-6-15-17(9-12)25-11-24-15/h3-6,9-10,19H,2,7-8,11H2,1H3. The first-order valence-electron chi connectivity index (χ1n) is 8.49. The van der Waals surface area contributed by atoms with E-state index in [9.17, 15) is 13.2 Å². The molecule has 0 fully saturated rings. The second-order valence-corrected chi connectivity index (χ2v) is 7.84. The molecule has 0 aliphatic carbocycles. The van der Waals surface area contributed by atoms with Crippen LogP contribution in [0.5, 0.6) is 11.5 Å². The average Bonchev–Trinajstić information content (AvgIpc) is 3.23. The van der Waals surface area contributed by atoms with Crippen LogP contribution in [0, 0.1) is 0 Å². The zero-order valence-corrected chi connectivity index (χ0v) is 15.4. The Kier molecular flexibility index (Phi) is 4.40. The van der Waals surface area contributed by atoms with Gasteiger partial charge in [-0.15, -0.1) is 0 Å². The van der Waals surface area contributed by atoms with Crippen LogP contribution in [-0.4, -0.2) is 26.3 Å². The Morgan fingerprint density at radius 2 is 1.93 bits per heavy atom. The van der Waals surface area contributed by atoms with Crippen molar-refractivity contribution in [3.05, 3.63) is 52.5 Å². The van der Waals surface area contributed by atoms with Crippen LogP contribution in [0.2, 0.25) is 0 Å². The van der Waals surface area contributed by atoms with E-state index < -0.39 is 15.8 Å². The fourth-order valence-corrected chi connectivity index (χ4v) is 4.07. The number of hydrogen-bond donors (Lipinski definition) is 1. The number of nitrogens with zero attached hydrogens (tertiary/aromatic N) is 1. The number of benzene rings is 2. The lowest BCUT2D eigenvalue weighted by Gasteiger charge is -2.07. The molecule has 0 unspecified atom stereocenters. The second kappa shape index (κ2) is 6.75. The highest BCUT2D eigenvalue weighted by Gasteiger charge is 2.18. The summed E-state index contributed by atoms with van der Waals surface area (Å²) in [6.07, 6.45) is 0.499. The van der Waals surface area contributed by atoms with Gasteiger partial charge in [-0.1, -0.05) is 6.07 Å². The Hall–Kier alpha value is -2.78. The molecule has 0 atom stereocenters. The maximum atomic E-state index is 12.5. The minimum atomic E-state index is -3.72. The van der Waals surface area contributed by atoms with E-state index in [4.69, 9.17) is 13.9 Å². The van der Waals surface area contributed by atoms with Crippen molar-refractivity contribution in [1.29, 1.82) is 0 Å². The molecule has 3 aromatic rings. The summed E-state index contributed by atoms with van der Waals surface area (Å²) in [5, 5.41) is 0. The molecule has 142 valence electrons. The predicted molar refractivity (Wildman–Crippen MR) is 97.6 cm³/mol. The molecule has 0 radical (unpaired) electrons. The first kappa shape index (κ1) is 17.6. The molecule has 1 aliphatic heterocycles. The Labute approximate surface area is 155 Å². The predicted octanol–water partition coefficient (Wildman–Crippen LogP) is 1.86. The molecule has 1 aromatic heterocycles. The molecule has 9 heteroatoms. The first-order chi connectivity index (χ1) is 13.0. The second-order valence-electron chi connectivity index (χ2n) is 6.08. The van der Waals surface area contributed by atoms with Gasteiger partial charge in [0.2, 0.25) is 16.8 Å². The molecule has 1 aliphatic rings. The van der Waals surface area contributed by atoms with Crippen LogP contribution in [0.1, 0.15) is 12.5 Å². The monoisotopic (exact) mass is 390 g/mol. The molecular weight excluding hydrogens is 372 g/mol. The van der Waals surface area contributed by atoms with Gasteiger partial charge in [0.1, 0.15) is 0 Å². The average molecular weight is 390 g/mol. The van der Waals surface area contributed by atoms with Crippen molar-refractivity contribution < 1.29 is 22.3 Å². The summed E-state index contributed by atoms with van der Waals surface area (Å²) >= 11 is 0. The highest BCUT2D eigenvalue weighted by atomic mass is 32.2. The topological polar surface area (TPSA) is 99.8 Å². The summed E-state index contributed by atoms with van der Waals surface area (Å²) in [5.74, 6) is 0.849. The van der Waals surface area contributed by atoms with Gasteiger partial charge >= 0.3 is 5.76 Å². The summed E-state index contributed by atoms with van der Waals surface area (Å²) in [4.78, 5) is 11.8. The third kappa shape index (κ3) is 3.31. The van der Waals surface area contributed by atoms with Gasteiger partial charge in [0.05, 0.1) is 10.4 Å². The molecular formula is C18H18N2O6S. The van der Waals surface area contributed by atoms with Crippen molar-refractivity contribution in [2.24, 2.45) is 0 Å². The molecule has 0 saturated heterocycles. The highest BCUT2D eigenvalue weighted by Crippen LogP contribution is 2.32. The maximum absolute atomic E-state index is 12.5. The molecule has 0 spiro atoms. The molecule has 2 heterocycles. The number of ether oxygens (including phenoxy) is 2. The van der Waals surface area contributed by atoms with E-state index >= 15 is 0 Å². The number of nitrogens with one attached hydrogen (secondary N) is 1. The van der Waals surface area contributed by atoms with E-state index in [-0.39, 0.29) is 23.8 Å². The third-order valence-electron chi connectivity index (χ3n) is 4.41. The normalized spacial score (nSPS) is 13.4. The van der Waals surface area contributed by atoms with Gasteiger partial charge in [-0.2, -0.15) is 0 Å². The smallest absolute Gasteiger partial charge is 0.419 e. The highest BCUT2D eigenvalue weighted by molar-refractivity contribution is 7.89. The van der Waals surface area contributed by atoms with E-state index in [0.717, 1.165) is 5.56 Å². The minimum Gasteiger partial charge on any atom is -0.454 e. The molecule has 0 bridgehead atoms. The van der Waals surface area contributed by atoms with Crippen LogP contribution in [-0.2, 0) is 23.0 Å². The van der Waals surface area contributed by atoms with Crippen molar-refractivity contribution in [2.75, 3.05) is 13.3 Å². The SMILES string of the molecule is CCn1c(=O)oc2cc(S(=O)(=O)NCCc3ccc4c(c3)OCO4)ccc21. The first-order valence-corrected chi connectivity index (χ1v) is 9.98. The summed E-state index contributed by atoms with van der Waals surface area (Å²) in [6, 6.07) is 9.93. The van der Waals surface area contributed by atoms with E-state index in [2.05, 4.69) is 4.72 Å². The van der Waals surface area contributed by atoms with Gasteiger partial charge < -0.3 is 13.9 Å². The molecule has 2 aromatic carbocycles. The van der Waals surface area contributed by atoms with Crippen molar-refractivity contribution in [2.45, 2.75) is 24.8 Å². The number of oxazole rings is 1. The van der Waals surface area contributed by atoms with E-state index in [1.807, 2.05) is 19.1 Å². The number of hydrogen-bond acceptors (Lipinski definition) is 6. The summed E-state index contributed by atoms with van der Waals surface area (Å²) < 4.78 is 44.8. The van der Waals surface area contributed by atoms with Gasteiger partial charge in [0, 0.05) is 19.2 Å². The van der Waals surface area contributed by atoms with Gasteiger partial charge in [-0.3, -0.25) is 4.57 Å². The van der Waals surface area contributed by atoms with Gasteiger partial charge in [0.15, 0.2) is 17.1 Å². The van der Waals surface area contributed by atoms with Gasteiger partial charge in [-0.25, -0.2) is 17.9 Å². The zero-order chi connectivity index (χ0) is 19.0. The van der Waals surface area contributed by atoms with Crippen LogP contribution in [0.25, 0.3) is 11.1 Å². The van der Waals surface area contributed by atoms with Crippen molar-refractivity contribution in [3.8, 4) is 11.5 Å². The Morgan fingerprint density at radius 3 is 2.74 bits per heavy atom. The molecule has 27 heavy (non-hydrogen) atoms. The number of fused-ring (bicyclic) bond motifs is 2. The van der Waals surface area contributed by atoms with Gasteiger partial charge in [0.25, 0.3) is 0 Å². The molecule has 0 amide bonds. The third-order valence-corrected chi connectivity index (χ3v) is 5.87. The molecule has 8 nitrogen and oxygen atoms in total. The van der Waals surface area contributed by atoms with Crippen LogP contribution < -0.4 is 20.0 Å². The molecule has 4 rings (SSSR count). The van der Waals surface area contributed by atoms with E-state index in [0.29, 0.717) is 30.0 Å². The Balaban J connectivity index is 1.48. The van der Waals surface area contributed by atoms with Crippen LogP contribution >= 0.6 is 0 Å². The van der Waals surface area contributed by atoms with Crippen molar-refractivity contribution >= 4 is 21.1 Å². The quantitative estimate of drug-likeness (QED) is 0.690. The maximum Gasteiger partial charge on any atom is 0.419 e. The summed E-state index contributed by atoms with van der Waals surface area (Å²) in [7, 11) is -3.72. The van der Waals surface area contributed by atoms with Crippen molar-refractivity contribution in [3.63, 3.8) is 0 Å². The van der Waals surface area contributed by atoms with Gasteiger partial charge in [-0.05, 0) is 43.2 Å². The van der Waals surface area contributed by atoms with Crippen LogP contribution in [0.15, 0.2) is 50.5 Å². The minimum absolute atomic E-state index is 0.0534. The van der Waals surface area contributed by atoms with Crippen LogP contribution in [0.4, 0.5) is 0 Å². The molecule has 1 N–H and O–H groups in total. The summed E-state index contributed by atoms with van der Waals surface area (Å²) in [6.45, 7) is 2.69. The fraction of sp³-hybridized carbons (Fsp3) is 0.278. The zero-order valence-electron chi connectivity index (χ0n) is 14.6. The summed E-state index contributed by atoms with van der Waals surface area (Å²) in [5.41, 5.74) is 1.76. The fourth-order valence-electron chi connectivity index (χ4n) is 3.02. The lowest BCUT2D eigenvalue weighted by Crippen LogP contribution is -2.26. The molecule has 0 saturated carbocycles. The number of aromatic nitrogens is 1. The van der Waals surface area contributed by atoms with Crippen LogP contribution in [0.3, 0.4) is 0 Å². The lowest BCUT2D eigenvalue weighted by atomic mass is 10.1. The Bertz CT molecular complexity index is 1160.